The normalized spacial score (nSPS) is 10.7. The van der Waals surface area contributed by atoms with E-state index >= 15 is 0 Å². The van der Waals surface area contributed by atoms with Crippen LogP contribution >= 0.6 is 38.5 Å². The summed E-state index contributed by atoms with van der Waals surface area (Å²) in [7, 11) is 0. The third-order valence-electron chi connectivity index (χ3n) is 3.11. The number of hydrogen-bond acceptors (Lipinski definition) is 3. The monoisotopic (exact) mass is 481 g/mol. The van der Waals surface area contributed by atoms with E-state index in [-0.39, 0.29) is 21.1 Å². The number of pyridine rings is 1. The second-order valence-electron chi connectivity index (χ2n) is 4.42. The molecule has 0 aliphatic heterocycles. The van der Waals surface area contributed by atoms with Crippen LogP contribution in [0.4, 0.5) is 4.39 Å². The van der Waals surface area contributed by atoms with E-state index in [0.29, 0.717) is 10.2 Å². The first-order valence-electron chi connectivity index (χ1n) is 6.13. The summed E-state index contributed by atoms with van der Waals surface area (Å²) in [6, 6.07) is 2.62. The Bertz CT molecular complexity index is 835. The van der Waals surface area contributed by atoms with Crippen LogP contribution in [0.2, 0.25) is 0 Å². The van der Waals surface area contributed by atoms with Crippen molar-refractivity contribution in [2.45, 2.75) is 13.3 Å². The Morgan fingerprint density at radius 2 is 2.09 bits per heavy atom. The van der Waals surface area contributed by atoms with Crippen molar-refractivity contribution in [1.82, 2.24) is 4.57 Å². The summed E-state index contributed by atoms with van der Waals surface area (Å²) in [4.78, 5) is 23.7. The lowest BCUT2D eigenvalue weighted by molar-refractivity contribution is 0.0692. The predicted octanol–water partition coefficient (Wildman–Crippen LogP) is 3.31. The van der Waals surface area contributed by atoms with Gasteiger partial charge in [0.05, 0.1) is 14.8 Å². The molecule has 0 saturated heterocycles. The molecule has 1 aromatic carbocycles. The lowest BCUT2D eigenvalue weighted by Gasteiger charge is -2.13. The first kappa shape index (κ1) is 16.9. The summed E-state index contributed by atoms with van der Waals surface area (Å²) in [6.07, 6.45) is 1.20. The second kappa shape index (κ2) is 6.37. The first-order valence-corrected chi connectivity index (χ1v) is 8.00. The molecule has 2 N–H and O–H groups in total. The SMILES string of the molecule is CCc1c(O)c(C(=O)O)cn(-c2cc(I)c(F)cc2Br)c1=O. The summed E-state index contributed by atoms with van der Waals surface area (Å²) in [5.41, 5.74) is -0.644. The minimum atomic E-state index is -1.35. The highest BCUT2D eigenvalue weighted by Crippen LogP contribution is 2.27. The fourth-order valence-corrected chi connectivity index (χ4v) is 2.97. The number of aromatic nitrogens is 1. The maximum Gasteiger partial charge on any atom is 0.341 e. The third-order valence-corrected chi connectivity index (χ3v) is 4.57. The largest absolute Gasteiger partial charge is 0.506 e. The van der Waals surface area contributed by atoms with E-state index in [4.69, 9.17) is 5.11 Å². The molecule has 116 valence electrons. The zero-order chi connectivity index (χ0) is 16.6. The maximum absolute atomic E-state index is 13.5. The highest BCUT2D eigenvalue weighted by Gasteiger charge is 2.20. The quantitative estimate of drug-likeness (QED) is 0.520. The Hall–Kier alpha value is -1.42. The Kier molecular flexibility index (Phi) is 4.90. The highest BCUT2D eigenvalue weighted by atomic mass is 127. The molecule has 0 amide bonds. The van der Waals surface area contributed by atoms with Crippen molar-refractivity contribution in [3.05, 3.63) is 53.7 Å². The lowest BCUT2D eigenvalue weighted by Crippen LogP contribution is -2.24. The Morgan fingerprint density at radius 1 is 1.45 bits per heavy atom. The van der Waals surface area contributed by atoms with Gasteiger partial charge in [-0.15, -0.1) is 0 Å². The van der Waals surface area contributed by atoms with Gasteiger partial charge in [0.2, 0.25) is 0 Å². The smallest absolute Gasteiger partial charge is 0.341 e. The fraction of sp³-hybridized carbons (Fsp3) is 0.143. The molecule has 1 heterocycles. The molecule has 1 aromatic heterocycles. The molecule has 0 bridgehead atoms. The molecule has 0 aliphatic rings. The molecule has 2 rings (SSSR count). The van der Waals surface area contributed by atoms with Gasteiger partial charge in [-0.1, -0.05) is 6.92 Å². The Balaban J connectivity index is 2.87. The standard InChI is InChI=1S/C14H10BrFINO4/c1-2-6-12(19)7(14(21)22)5-18(13(6)20)11-4-10(17)9(16)3-8(11)15/h3-5,19H,2H2,1H3,(H,21,22). The van der Waals surface area contributed by atoms with Crippen LogP contribution in [0.3, 0.4) is 0 Å². The molecule has 5 nitrogen and oxygen atoms in total. The molecule has 0 radical (unpaired) electrons. The maximum atomic E-state index is 13.5. The predicted molar refractivity (Wildman–Crippen MR) is 90.4 cm³/mol. The van der Waals surface area contributed by atoms with E-state index in [9.17, 15) is 19.1 Å². The number of carboxylic acid groups (broad SMARTS) is 1. The van der Waals surface area contributed by atoms with E-state index in [1.165, 1.54) is 12.1 Å². The van der Waals surface area contributed by atoms with Crippen LogP contribution in [0.1, 0.15) is 22.8 Å². The number of carbonyl (C=O) groups is 1. The third kappa shape index (κ3) is 2.89. The second-order valence-corrected chi connectivity index (χ2v) is 6.44. The van der Waals surface area contributed by atoms with Crippen LogP contribution in [0.15, 0.2) is 27.6 Å². The van der Waals surface area contributed by atoms with Crippen LogP contribution in [0.5, 0.6) is 5.75 Å². The van der Waals surface area contributed by atoms with Crippen LogP contribution in [0.25, 0.3) is 5.69 Å². The first-order chi connectivity index (χ1) is 10.3. The number of benzene rings is 1. The topological polar surface area (TPSA) is 79.5 Å². The molecule has 2 aromatic rings. The minimum absolute atomic E-state index is 0.00821. The van der Waals surface area contributed by atoms with Crippen molar-refractivity contribution in [2.24, 2.45) is 0 Å². The number of rotatable bonds is 3. The van der Waals surface area contributed by atoms with E-state index in [0.717, 1.165) is 10.8 Å². The molecule has 8 heteroatoms. The molecule has 0 unspecified atom stereocenters. The summed E-state index contributed by atoms with van der Waals surface area (Å²) in [5.74, 6) is -2.35. The Labute approximate surface area is 146 Å². The van der Waals surface area contributed by atoms with Crippen molar-refractivity contribution >= 4 is 44.5 Å². The summed E-state index contributed by atoms with van der Waals surface area (Å²) >= 11 is 4.94. The lowest BCUT2D eigenvalue weighted by atomic mass is 10.1. The number of aromatic carboxylic acids is 1. The summed E-state index contributed by atoms with van der Waals surface area (Å²) < 4.78 is 15.2. The fourth-order valence-electron chi connectivity index (χ4n) is 2.01. The van der Waals surface area contributed by atoms with Crippen LogP contribution in [-0.2, 0) is 6.42 Å². The average molecular weight is 482 g/mol. The molecule has 22 heavy (non-hydrogen) atoms. The molecule has 0 spiro atoms. The number of halogens is 3. The van der Waals surface area contributed by atoms with Crippen LogP contribution < -0.4 is 5.56 Å². The van der Waals surface area contributed by atoms with Gasteiger partial charge in [0, 0.05) is 10.7 Å². The number of aromatic hydroxyl groups is 1. The molecular weight excluding hydrogens is 472 g/mol. The molecule has 0 atom stereocenters. The van der Waals surface area contributed by atoms with Gasteiger partial charge in [-0.05, 0) is 57.1 Å². The number of hydrogen-bond donors (Lipinski definition) is 2. The summed E-state index contributed by atoms with van der Waals surface area (Å²) in [6.45, 7) is 1.63. The van der Waals surface area contributed by atoms with Gasteiger partial charge in [-0.3, -0.25) is 9.36 Å². The van der Waals surface area contributed by atoms with Crippen molar-refractivity contribution < 1.29 is 19.4 Å². The Morgan fingerprint density at radius 3 is 2.64 bits per heavy atom. The van der Waals surface area contributed by atoms with Crippen LogP contribution in [-0.4, -0.2) is 20.7 Å². The van der Waals surface area contributed by atoms with Gasteiger partial charge < -0.3 is 10.2 Å². The highest BCUT2D eigenvalue weighted by molar-refractivity contribution is 14.1. The van der Waals surface area contributed by atoms with Gasteiger partial charge in [0.1, 0.15) is 17.1 Å². The average Bonchev–Trinajstić information content (AvgIpc) is 2.44. The number of nitrogens with zero attached hydrogens (tertiary/aromatic N) is 1. The zero-order valence-electron chi connectivity index (χ0n) is 11.2. The van der Waals surface area contributed by atoms with Crippen molar-refractivity contribution in [3.63, 3.8) is 0 Å². The van der Waals surface area contributed by atoms with Gasteiger partial charge in [0.25, 0.3) is 5.56 Å². The van der Waals surface area contributed by atoms with Crippen LogP contribution in [0, 0.1) is 9.39 Å². The number of carboxylic acids is 1. The summed E-state index contributed by atoms with van der Waals surface area (Å²) in [5, 5.41) is 19.1. The van der Waals surface area contributed by atoms with E-state index < -0.39 is 23.1 Å². The molecule has 0 aliphatic carbocycles. The van der Waals surface area contributed by atoms with Crippen molar-refractivity contribution in [1.29, 1.82) is 0 Å². The van der Waals surface area contributed by atoms with Gasteiger partial charge in [0.15, 0.2) is 0 Å². The van der Waals surface area contributed by atoms with E-state index in [1.54, 1.807) is 29.5 Å². The zero-order valence-corrected chi connectivity index (χ0v) is 15.0. The molecular formula is C14H10BrFINO4. The van der Waals surface area contributed by atoms with Gasteiger partial charge in [-0.2, -0.15) is 0 Å². The minimum Gasteiger partial charge on any atom is -0.506 e. The molecule has 0 fully saturated rings. The van der Waals surface area contributed by atoms with Gasteiger partial charge >= 0.3 is 5.97 Å². The molecule has 0 saturated carbocycles. The van der Waals surface area contributed by atoms with E-state index in [2.05, 4.69) is 15.9 Å². The van der Waals surface area contributed by atoms with Crippen molar-refractivity contribution in [2.75, 3.05) is 0 Å². The van der Waals surface area contributed by atoms with Gasteiger partial charge in [-0.25, -0.2) is 9.18 Å². The van der Waals surface area contributed by atoms with Crippen molar-refractivity contribution in [3.8, 4) is 11.4 Å². The van der Waals surface area contributed by atoms with E-state index in [1.807, 2.05) is 0 Å².